The van der Waals surface area contributed by atoms with Gasteiger partial charge >= 0.3 is 6.18 Å². The third kappa shape index (κ3) is 3.75. The first kappa shape index (κ1) is 17.8. The standard InChI is InChI=1S/C19H18F3N3O2/c20-19(21,22)15-3-6-17(24-9-15)27-16-4-1-12(2-5-16)18(26)25-10-13-7-23-8-14(13)11-25/h1-6,9,13-14,23H,7-8,10-11H2/t13-,14+. The average molecular weight is 377 g/mol. The minimum Gasteiger partial charge on any atom is -0.439 e. The average Bonchev–Trinajstić information content (AvgIpc) is 3.23. The lowest BCUT2D eigenvalue weighted by Crippen LogP contribution is -2.31. The lowest BCUT2D eigenvalue weighted by molar-refractivity contribution is -0.137. The number of carbonyl (C=O) groups excluding carboxylic acids is 1. The fourth-order valence-corrected chi connectivity index (χ4v) is 3.60. The molecule has 0 unspecified atom stereocenters. The molecule has 3 heterocycles. The normalized spacial score (nSPS) is 22.0. The van der Waals surface area contributed by atoms with Gasteiger partial charge in [0, 0.05) is 44.0 Å². The number of benzene rings is 1. The highest BCUT2D eigenvalue weighted by atomic mass is 19.4. The number of aromatic nitrogens is 1. The molecule has 1 amide bonds. The number of hydrogen-bond donors (Lipinski definition) is 1. The van der Waals surface area contributed by atoms with Crippen LogP contribution in [-0.2, 0) is 6.18 Å². The Labute approximate surface area is 154 Å². The Morgan fingerprint density at radius 1 is 1.07 bits per heavy atom. The number of amides is 1. The summed E-state index contributed by atoms with van der Waals surface area (Å²) in [5.74, 6) is 1.51. The van der Waals surface area contributed by atoms with E-state index in [0.717, 1.165) is 38.4 Å². The van der Waals surface area contributed by atoms with Crippen LogP contribution in [-0.4, -0.2) is 42.0 Å². The first-order valence-corrected chi connectivity index (χ1v) is 8.71. The van der Waals surface area contributed by atoms with E-state index in [2.05, 4.69) is 10.3 Å². The van der Waals surface area contributed by atoms with Gasteiger partial charge in [0.2, 0.25) is 5.88 Å². The summed E-state index contributed by atoms with van der Waals surface area (Å²) < 4.78 is 43.1. The molecule has 2 aromatic rings. The number of nitrogens with zero attached hydrogens (tertiary/aromatic N) is 2. The number of halogens is 3. The van der Waals surface area contributed by atoms with Crippen LogP contribution < -0.4 is 10.1 Å². The molecule has 0 aliphatic carbocycles. The summed E-state index contributed by atoms with van der Waals surface area (Å²) in [5.41, 5.74) is -0.267. The van der Waals surface area contributed by atoms with Crippen LogP contribution in [0.25, 0.3) is 0 Å². The zero-order chi connectivity index (χ0) is 19.0. The van der Waals surface area contributed by atoms with Gasteiger partial charge in [0.25, 0.3) is 5.91 Å². The zero-order valence-electron chi connectivity index (χ0n) is 14.4. The second kappa shape index (κ2) is 6.84. The van der Waals surface area contributed by atoms with Crippen LogP contribution in [0.5, 0.6) is 11.6 Å². The van der Waals surface area contributed by atoms with E-state index in [1.165, 1.54) is 6.07 Å². The molecule has 1 aromatic heterocycles. The third-order valence-corrected chi connectivity index (χ3v) is 5.06. The molecule has 2 fully saturated rings. The summed E-state index contributed by atoms with van der Waals surface area (Å²) in [5, 5.41) is 3.34. The molecular weight excluding hydrogens is 359 g/mol. The molecule has 0 spiro atoms. The molecule has 2 aliphatic rings. The van der Waals surface area contributed by atoms with Gasteiger partial charge in [-0.3, -0.25) is 4.79 Å². The molecule has 2 aliphatic heterocycles. The van der Waals surface area contributed by atoms with Crippen molar-refractivity contribution in [2.75, 3.05) is 26.2 Å². The maximum atomic E-state index is 12.6. The summed E-state index contributed by atoms with van der Waals surface area (Å²) in [4.78, 5) is 18.2. The molecule has 142 valence electrons. The largest absolute Gasteiger partial charge is 0.439 e. The fourth-order valence-electron chi connectivity index (χ4n) is 3.60. The second-order valence-electron chi connectivity index (χ2n) is 6.90. The van der Waals surface area contributed by atoms with Crippen molar-refractivity contribution >= 4 is 5.91 Å². The highest BCUT2D eigenvalue weighted by Crippen LogP contribution is 2.30. The van der Waals surface area contributed by atoms with E-state index in [-0.39, 0.29) is 11.8 Å². The van der Waals surface area contributed by atoms with E-state index in [0.29, 0.717) is 23.1 Å². The van der Waals surface area contributed by atoms with Gasteiger partial charge in [0.15, 0.2) is 0 Å². The predicted molar refractivity (Wildman–Crippen MR) is 91.5 cm³/mol. The number of pyridine rings is 1. The molecule has 1 N–H and O–H groups in total. The molecule has 0 saturated carbocycles. The Morgan fingerprint density at radius 3 is 2.30 bits per heavy atom. The van der Waals surface area contributed by atoms with Crippen molar-refractivity contribution in [2.45, 2.75) is 6.18 Å². The lowest BCUT2D eigenvalue weighted by atomic mass is 10.0. The van der Waals surface area contributed by atoms with E-state index in [1.54, 1.807) is 24.3 Å². The van der Waals surface area contributed by atoms with Crippen molar-refractivity contribution in [2.24, 2.45) is 11.8 Å². The van der Waals surface area contributed by atoms with Crippen molar-refractivity contribution < 1.29 is 22.7 Å². The molecule has 0 bridgehead atoms. The summed E-state index contributed by atoms with van der Waals surface area (Å²) >= 11 is 0. The van der Waals surface area contributed by atoms with Crippen LogP contribution in [0, 0.1) is 11.8 Å². The van der Waals surface area contributed by atoms with Crippen molar-refractivity contribution in [3.05, 3.63) is 53.7 Å². The Hall–Kier alpha value is -2.61. The Balaban J connectivity index is 1.39. The number of carbonyl (C=O) groups is 1. The molecule has 8 heteroatoms. The number of likely N-dealkylation sites (tertiary alicyclic amines) is 1. The summed E-state index contributed by atoms with van der Waals surface area (Å²) in [6.07, 6.45) is -3.70. The molecule has 5 nitrogen and oxygen atoms in total. The lowest BCUT2D eigenvalue weighted by Gasteiger charge is -2.17. The zero-order valence-corrected chi connectivity index (χ0v) is 14.4. The number of fused-ring (bicyclic) bond motifs is 1. The van der Waals surface area contributed by atoms with Crippen molar-refractivity contribution in [1.82, 2.24) is 15.2 Å². The Kier molecular flexibility index (Phi) is 4.51. The molecule has 1 aromatic carbocycles. The topological polar surface area (TPSA) is 54.5 Å². The van der Waals surface area contributed by atoms with Gasteiger partial charge in [-0.05, 0) is 42.2 Å². The Morgan fingerprint density at radius 2 is 1.74 bits per heavy atom. The highest BCUT2D eigenvalue weighted by molar-refractivity contribution is 5.94. The first-order chi connectivity index (χ1) is 12.9. The Bertz CT molecular complexity index is 810. The summed E-state index contributed by atoms with van der Waals surface area (Å²) in [7, 11) is 0. The number of nitrogens with one attached hydrogen (secondary N) is 1. The van der Waals surface area contributed by atoms with E-state index in [9.17, 15) is 18.0 Å². The van der Waals surface area contributed by atoms with Crippen LogP contribution in [0.1, 0.15) is 15.9 Å². The molecule has 0 radical (unpaired) electrons. The number of rotatable bonds is 3. The smallest absolute Gasteiger partial charge is 0.417 e. The molecular formula is C19H18F3N3O2. The monoisotopic (exact) mass is 377 g/mol. The van der Waals surface area contributed by atoms with Gasteiger partial charge in [-0.2, -0.15) is 13.2 Å². The van der Waals surface area contributed by atoms with E-state index in [4.69, 9.17) is 4.74 Å². The van der Waals surface area contributed by atoms with Crippen LogP contribution in [0.15, 0.2) is 42.6 Å². The second-order valence-corrected chi connectivity index (χ2v) is 6.90. The van der Waals surface area contributed by atoms with Gasteiger partial charge in [-0.25, -0.2) is 4.98 Å². The van der Waals surface area contributed by atoms with Gasteiger partial charge in [0.05, 0.1) is 5.56 Å². The molecule has 2 atom stereocenters. The highest BCUT2D eigenvalue weighted by Gasteiger charge is 2.38. The van der Waals surface area contributed by atoms with Crippen LogP contribution in [0.3, 0.4) is 0 Å². The van der Waals surface area contributed by atoms with Crippen LogP contribution in [0.2, 0.25) is 0 Å². The SMILES string of the molecule is O=C(c1ccc(Oc2ccc(C(F)(F)F)cn2)cc1)N1C[C@H]2CNC[C@H]2C1. The maximum absolute atomic E-state index is 12.6. The van der Waals surface area contributed by atoms with Gasteiger partial charge in [-0.1, -0.05) is 0 Å². The first-order valence-electron chi connectivity index (χ1n) is 8.71. The molecule has 27 heavy (non-hydrogen) atoms. The van der Waals surface area contributed by atoms with Crippen LogP contribution >= 0.6 is 0 Å². The maximum Gasteiger partial charge on any atom is 0.417 e. The minimum atomic E-state index is -4.43. The summed E-state index contributed by atoms with van der Waals surface area (Å²) in [6.45, 7) is 3.46. The van der Waals surface area contributed by atoms with Crippen molar-refractivity contribution in [1.29, 1.82) is 0 Å². The fraction of sp³-hybridized carbons (Fsp3) is 0.368. The number of ether oxygens (including phenoxy) is 1. The summed E-state index contributed by atoms with van der Waals surface area (Å²) in [6, 6.07) is 8.64. The minimum absolute atomic E-state index is 0.0106. The van der Waals surface area contributed by atoms with E-state index >= 15 is 0 Å². The van der Waals surface area contributed by atoms with E-state index in [1.807, 2.05) is 4.90 Å². The molecule has 2 saturated heterocycles. The van der Waals surface area contributed by atoms with Gasteiger partial charge in [0.1, 0.15) is 5.75 Å². The molecule has 4 rings (SSSR count). The van der Waals surface area contributed by atoms with E-state index < -0.39 is 11.7 Å². The van der Waals surface area contributed by atoms with Crippen molar-refractivity contribution in [3.63, 3.8) is 0 Å². The predicted octanol–water partition coefficient (Wildman–Crippen LogP) is 3.18. The number of hydrogen-bond acceptors (Lipinski definition) is 4. The van der Waals surface area contributed by atoms with Crippen LogP contribution in [0.4, 0.5) is 13.2 Å². The quantitative estimate of drug-likeness (QED) is 0.893. The van der Waals surface area contributed by atoms with Crippen molar-refractivity contribution in [3.8, 4) is 11.6 Å². The third-order valence-electron chi connectivity index (χ3n) is 5.06. The number of alkyl halides is 3. The van der Waals surface area contributed by atoms with Gasteiger partial charge < -0.3 is 15.0 Å². The van der Waals surface area contributed by atoms with Gasteiger partial charge in [-0.15, -0.1) is 0 Å².